The van der Waals surface area contributed by atoms with Crippen molar-refractivity contribution in [3.8, 4) is 5.75 Å². The summed E-state index contributed by atoms with van der Waals surface area (Å²) < 4.78 is 46.4. The van der Waals surface area contributed by atoms with Crippen LogP contribution in [0.25, 0.3) is 21.5 Å². The van der Waals surface area contributed by atoms with Crippen molar-refractivity contribution < 1.29 is 27.4 Å². The van der Waals surface area contributed by atoms with E-state index in [1.165, 1.54) is 12.1 Å². The number of carbonyl (C=O) groups is 1. The lowest BCUT2D eigenvalue weighted by atomic mass is 9.95. The number of ether oxygens (including phenoxy) is 3. The number of azide groups is 1. The van der Waals surface area contributed by atoms with E-state index in [1.54, 1.807) is 68.4 Å². The van der Waals surface area contributed by atoms with Gasteiger partial charge < -0.3 is 25.3 Å². The lowest BCUT2D eigenvalue weighted by molar-refractivity contribution is -0.122. The van der Waals surface area contributed by atoms with Crippen molar-refractivity contribution in [3.63, 3.8) is 0 Å². The lowest BCUT2D eigenvalue weighted by Gasteiger charge is -2.17. The quantitative estimate of drug-likeness (QED) is 0.0466. The Bertz CT molecular complexity index is 1880. The van der Waals surface area contributed by atoms with Crippen molar-refractivity contribution in [2.75, 3.05) is 49.6 Å². The fourth-order valence-corrected chi connectivity index (χ4v) is 5.46. The highest BCUT2D eigenvalue weighted by molar-refractivity contribution is 7.92. The smallest absolute Gasteiger partial charge is 0.263 e. The number of nitrogens with zero attached hydrogens (tertiary/aromatic N) is 5. The summed E-state index contributed by atoms with van der Waals surface area (Å²) in [5.74, 6) is 0.350. The number of nitrogens with two attached hydrogens (primary N) is 1. The van der Waals surface area contributed by atoms with Crippen LogP contribution in [0.1, 0.15) is 25.8 Å². The number of Topliss-reactive ketones (excluding diaryl/α,β-unsaturated/α-hetero) is 1. The summed E-state index contributed by atoms with van der Waals surface area (Å²) in [7, 11) is -4.17. The average molecular weight is 697 g/mol. The van der Waals surface area contributed by atoms with Crippen LogP contribution in [0.5, 0.6) is 5.75 Å². The Labute approximate surface area is 283 Å². The zero-order chi connectivity index (χ0) is 34.6. The topological polar surface area (TPSA) is 204 Å². The predicted molar refractivity (Wildman–Crippen MR) is 184 cm³/mol. The molecule has 0 aliphatic carbocycles. The Hall–Kier alpha value is -4.50. The van der Waals surface area contributed by atoms with Crippen LogP contribution in [-0.2, 0) is 30.7 Å². The molecule has 0 spiro atoms. The number of rotatable bonds is 19. The molecule has 0 amide bonds. The van der Waals surface area contributed by atoms with Crippen LogP contribution >= 0.6 is 11.6 Å². The largest absolute Gasteiger partial charge is 0.493 e. The SMILES string of the molecule is CC(C)(N)C(=O)Cc1cccc(S(=O)(=O)Nc2nc3ccccc3nc2Nc2cc(OCCCOCCOCCN=[N+]=[N-])ccc2Cl)c1. The summed E-state index contributed by atoms with van der Waals surface area (Å²) in [5, 5.41) is 6.84. The second-order valence-corrected chi connectivity index (χ2v) is 13.2. The number of ketones is 1. The van der Waals surface area contributed by atoms with Crippen molar-refractivity contribution in [1.82, 2.24) is 9.97 Å². The molecule has 4 rings (SSSR count). The Morgan fingerprint density at radius 1 is 0.958 bits per heavy atom. The second kappa shape index (κ2) is 17.1. The van der Waals surface area contributed by atoms with E-state index in [9.17, 15) is 13.2 Å². The van der Waals surface area contributed by atoms with E-state index in [0.29, 0.717) is 72.5 Å². The molecule has 0 aliphatic rings. The van der Waals surface area contributed by atoms with E-state index >= 15 is 0 Å². The molecule has 48 heavy (non-hydrogen) atoms. The van der Waals surface area contributed by atoms with Gasteiger partial charge in [0.1, 0.15) is 5.75 Å². The molecule has 0 saturated heterocycles. The molecule has 0 radical (unpaired) electrons. The highest BCUT2D eigenvalue weighted by Gasteiger charge is 2.24. The highest BCUT2D eigenvalue weighted by Crippen LogP contribution is 2.33. The summed E-state index contributed by atoms with van der Waals surface area (Å²) in [5.41, 5.74) is 15.0. The third kappa shape index (κ3) is 10.8. The number of carbonyl (C=O) groups excluding carboxylic acids is 1. The maximum Gasteiger partial charge on any atom is 0.263 e. The van der Waals surface area contributed by atoms with Gasteiger partial charge in [0.05, 0.1) is 58.6 Å². The average Bonchev–Trinajstić information content (AvgIpc) is 3.05. The third-order valence-corrected chi connectivity index (χ3v) is 8.42. The number of anilines is 3. The van der Waals surface area contributed by atoms with Gasteiger partial charge in [0.25, 0.3) is 10.0 Å². The fourth-order valence-electron chi connectivity index (χ4n) is 4.22. The van der Waals surface area contributed by atoms with Gasteiger partial charge in [-0.3, -0.25) is 9.52 Å². The first-order chi connectivity index (χ1) is 23.0. The van der Waals surface area contributed by atoms with Crippen LogP contribution < -0.4 is 20.5 Å². The molecular formula is C32H37ClN8O6S. The number of halogens is 1. The van der Waals surface area contributed by atoms with Crippen LogP contribution in [-0.4, -0.2) is 69.3 Å². The molecule has 254 valence electrons. The van der Waals surface area contributed by atoms with Gasteiger partial charge in [-0.25, -0.2) is 18.4 Å². The number of benzene rings is 3. The van der Waals surface area contributed by atoms with Gasteiger partial charge in [-0.15, -0.1) is 0 Å². The van der Waals surface area contributed by atoms with Crippen LogP contribution in [0.3, 0.4) is 0 Å². The number of nitrogens with one attached hydrogen (secondary N) is 2. The molecule has 0 fully saturated rings. The molecule has 1 heterocycles. The van der Waals surface area contributed by atoms with E-state index in [-0.39, 0.29) is 35.3 Å². The maximum absolute atomic E-state index is 13.6. The van der Waals surface area contributed by atoms with E-state index in [0.717, 1.165) is 0 Å². The molecule has 0 unspecified atom stereocenters. The van der Waals surface area contributed by atoms with E-state index in [2.05, 4.69) is 30.0 Å². The molecule has 4 N–H and O–H groups in total. The zero-order valence-corrected chi connectivity index (χ0v) is 28.1. The molecular weight excluding hydrogens is 660 g/mol. The van der Waals surface area contributed by atoms with Gasteiger partial charge in [-0.1, -0.05) is 41.0 Å². The minimum atomic E-state index is -4.17. The monoisotopic (exact) mass is 696 g/mol. The normalized spacial score (nSPS) is 11.6. The molecule has 14 nitrogen and oxygen atoms in total. The fraction of sp³-hybridized carbons (Fsp3) is 0.344. The molecule has 0 atom stereocenters. The standard InChI is InChI=1S/C32H37ClN8O6S/c1-32(2,34)29(42)20-22-7-5-8-24(19-22)48(43,44)40-31-30(37-26-9-3-4-10-27(26)38-31)39-28-21-23(11-12-25(28)33)47-15-6-14-45-17-18-46-16-13-36-41-35/h3-5,7-12,19,21H,6,13-18,20,34H2,1-2H3,(H,37,39)(H,38,40). The van der Waals surface area contributed by atoms with Gasteiger partial charge >= 0.3 is 0 Å². The van der Waals surface area contributed by atoms with Crippen molar-refractivity contribution in [3.05, 3.63) is 87.8 Å². The second-order valence-electron chi connectivity index (χ2n) is 11.1. The minimum Gasteiger partial charge on any atom is -0.493 e. The van der Waals surface area contributed by atoms with Crippen molar-refractivity contribution in [2.24, 2.45) is 10.8 Å². The molecule has 4 aromatic rings. The Kier molecular flexibility index (Phi) is 12.9. The van der Waals surface area contributed by atoms with Crippen LogP contribution in [0.2, 0.25) is 5.02 Å². The number of sulfonamides is 1. The molecule has 0 saturated carbocycles. The predicted octanol–water partition coefficient (Wildman–Crippen LogP) is 5.79. The number of aromatic nitrogens is 2. The Balaban J connectivity index is 1.46. The van der Waals surface area contributed by atoms with Crippen molar-refractivity contribution >= 4 is 55.8 Å². The van der Waals surface area contributed by atoms with E-state index < -0.39 is 15.6 Å². The zero-order valence-electron chi connectivity index (χ0n) is 26.6. The summed E-state index contributed by atoms with van der Waals surface area (Å²) >= 11 is 6.51. The van der Waals surface area contributed by atoms with Gasteiger partial charge in [-0.2, -0.15) is 0 Å². The summed E-state index contributed by atoms with van der Waals surface area (Å²) in [6.07, 6.45) is 0.598. The summed E-state index contributed by atoms with van der Waals surface area (Å²) in [6.45, 7) is 5.45. The van der Waals surface area contributed by atoms with Gasteiger partial charge in [0, 0.05) is 37.0 Å². The van der Waals surface area contributed by atoms with Crippen LogP contribution in [0.4, 0.5) is 17.3 Å². The number of para-hydroxylation sites is 2. The highest BCUT2D eigenvalue weighted by atomic mass is 35.5. The van der Waals surface area contributed by atoms with Crippen molar-refractivity contribution in [2.45, 2.75) is 37.1 Å². The van der Waals surface area contributed by atoms with E-state index in [4.69, 9.17) is 37.1 Å². The first-order valence-corrected chi connectivity index (χ1v) is 16.9. The first-order valence-electron chi connectivity index (χ1n) is 15.0. The van der Waals surface area contributed by atoms with Gasteiger partial charge in [-0.05, 0) is 61.3 Å². The van der Waals surface area contributed by atoms with Gasteiger partial charge in [0.15, 0.2) is 17.4 Å². The lowest BCUT2D eigenvalue weighted by Crippen LogP contribution is -2.42. The van der Waals surface area contributed by atoms with Crippen molar-refractivity contribution in [1.29, 1.82) is 0 Å². The van der Waals surface area contributed by atoms with Gasteiger partial charge in [0.2, 0.25) is 0 Å². The van der Waals surface area contributed by atoms with E-state index in [1.807, 2.05) is 0 Å². The number of hydrogen-bond acceptors (Lipinski definition) is 11. The molecule has 1 aromatic heterocycles. The number of hydrogen-bond donors (Lipinski definition) is 3. The Morgan fingerprint density at radius 3 is 2.38 bits per heavy atom. The minimum absolute atomic E-state index is 0.0183. The summed E-state index contributed by atoms with van der Waals surface area (Å²) in [6, 6.07) is 18.2. The van der Waals surface area contributed by atoms with Crippen LogP contribution in [0, 0.1) is 0 Å². The Morgan fingerprint density at radius 2 is 1.67 bits per heavy atom. The molecule has 3 aromatic carbocycles. The first kappa shape index (κ1) is 36.3. The van der Waals surface area contributed by atoms with Crippen LogP contribution in [0.15, 0.2) is 76.7 Å². The molecule has 0 bridgehead atoms. The maximum atomic E-state index is 13.6. The molecule has 16 heteroatoms. The third-order valence-electron chi connectivity index (χ3n) is 6.76. The summed E-state index contributed by atoms with van der Waals surface area (Å²) in [4.78, 5) is 24.3. The number of fused-ring (bicyclic) bond motifs is 1. The molecule has 0 aliphatic heterocycles.